The van der Waals surface area contributed by atoms with Crippen molar-refractivity contribution in [2.24, 2.45) is 0 Å². The molecule has 3 rings (SSSR count). The number of nitrogens with zero attached hydrogens (tertiary/aromatic N) is 1. The molecule has 0 saturated carbocycles. The van der Waals surface area contributed by atoms with E-state index >= 15 is 0 Å². The summed E-state index contributed by atoms with van der Waals surface area (Å²) in [5, 5.41) is 1.95. The van der Waals surface area contributed by atoms with Gasteiger partial charge in [-0.2, -0.15) is 0 Å². The SMILES string of the molecule is O=C(CCc1ccco1)c1cccc2ccncc12. The van der Waals surface area contributed by atoms with Crippen molar-refractivity contribution in [3.8, 4) is 0 Å². The number of pyridine rings is 1. The maximum Gasteiger partial charge on any atom is 0.164 e. The van der Waals surface area contributed by atoms with Gasteiger partial charge in [0, 0.05) is 36.2 Å². The predicted octanol–water partition coefficient (Wildman–Crippen LogP) is 3.64. The summed E-state index contributed by atoms with van der Waals surface area (Å²) in [4.78, 5) is 16.4. The number of hydrogen-bond donors (Lipinski definition) is 0. The number of carbonyl (C=O) groups is 1. The van der Waals surface area contributed by atoms with Gasteiger partial charge < -0.3 is 4.42 Å². The number of aromatic nitrogens is 1. The first-order valence-corrected chi connectivity index (χ1v) is 6.23. The third-order valence-corrected chi connectivity index (χ3v) is 3.16. The first-order valence-electron chi connectivity index (χ1n) is 6.23. The van der Waals surface area contributed by atoms with Crippen molar-refractivity contribution in [3.63, 3.8) is 0 Å². The van der Waals surface area contributed by atoms with Crippen LogP contribution in [0.15, 0.2) is 59.5 Å². The van der Waals surface area contributed by atoms with Crippen molar-refractivity contribution in [1.82, 2.24) is 4.98 Å². The van der Waals surface area contributed by atoms with Gasteiger partial charge in [0.2, 0.25) is 0 Å². The molecular formula is C16H13NO2. The second kappa shape index (κ2) is 5.06. The van der Waals surface area contributed by atoms with Crippen molar-refractivity contribution in [3.05, 3.63) is 66.4 Å². The number of ketones is 1. The summed E-state index contributed by atoms with van der Waals surface area (Å²) in [6, 6.07) is 11.4. The van der Waals surface area contributed by atoms with Crippen LogP contribution in [0.25, 0.3) is 10.8 Å². The molecule has 94 valence electrons. The molecule has 3 aromatic rings. The molecule has 0 amide bonds. The highest BCUT2D eigenvalue weighted by Crippen LogP contribution is 2.19. The van der Waals surface area contributed by atoms with Crippen LogP contribution in [-0.2, 0) is 6.42 Å². The Balaban J connectivity index is 1.85. The van der Waals surface area contributed by atoms with Gasteiger partial charge in [-0.25, -0.2) is 0 Å². The lowest BCUT2D eigenvalue weighted by Gasteiger charge is -2.04. The van der Waals surface area contributed by atoms with E-state index in [0.717, 1.165) is 22.1 Å². The van der Waals surface area contributed by atoms with Crippen molar-refractivity contribution >= 4 is 16.6 Å². The molecule has 0 saturated heterocycles. The zero-order valence-corrected chi connectivity index (χ0v) is 10.4. The van der Waals surface area contributed by atoms with E-state index < -0.39 is 0 Å². The second-order valence-corrected chi connectivity index (χ2v) is 4.40. The summed E-state index contributed by atoms with van der Waals surface area (Å²) in [6.45, 7) is 0. The Morgan fingerprint density at radius 1 is 1.16 bits per heavy atom. The molecule has 3 heteroatoms. The average Bonchev–Trinajstić information content (AvgIpc) is 2.97. The van der Waals surface area contributed by atoms with Gasteiger partial charge >= 0.3 is 0 Å². The highest BCUT2D eigenvalue weighted by molar-refractivity contribution is 6.07. The fourth-order valence-corrected chi connectivity index (χ4v) is 2.18. The van der Waals surface area contributed by atoms with Gasteiger partial charge in [-0.05, 0) is 23.6 Å². The number of rotatable bonds is 4. The molecular weight excluding hydrogens is 238 g/mol. The summed E-state index contributed by atoms with van der Waals surface area (Å²) in [6.07, 6.45) is 6.18. The van der Waals surface area contributed by atoms with Crippen molar-refractivity contribution < 1.29 is 9.21 Å². The maximum atomic E-state index is 12.3. The van der Waals surface area contributed by atoms with Crippen LogP contribution in [0.5, 0.6) is 0 Å². The molecule has 3 nitrogen and oxygen atoms in total. The second-order valence-electron chi connectivity index (χ2n) is 4.40. The van der Waals surface area contributed by atoms with Gasteiger partial charge in [0.1, 0.15) is 5.76 Å². The van der Waals surface area contributed by atoms with Crippen LogP contribution in [0.4, 0.5) is 0 Å². The van der Waals surface area contributed by atoms with Crippen molar-refractivity contribution in [1.29, 1.82) is 0 Å². The van der Waals surface area contributed by atoms with E-state index in [0.29, 0.717) is 12.8 Å². The van der Waals surface area contributed by atoms with E-state index in [2.05, 4.69) is 4.98 Å². The Morgan fingerprint density at radius 3 is 2.95 bits per heavy atom. The van der Waals surface area contributed by atoms with E-state index in [1.54, 1.807) is 18.7 Å². The number of Topliss-reactive ketones (excluding diaryl/α,β-unsaturated/α-hetero) is 1. The fourth-order valence-electron chi connectivity index (χ4n) is 2.18. The zero-order chi connectivity index (χ0) is 13.1. The van der Waals surface area contributed by atoms with Gasteiger partial charge in [0.05, 0.1) is 6.26 Å². The molecule has 19 heavy (non-hydrogen) atoms. The molecule has 0 aliphatic carbocycles. The molecule has 2 aromatic heterocycles. The van der Waals surface area contributed by atoms with Crippen LogP contribution in [0.2, 0.25) is 0 Å². The fraction of sp³-hybridized carbons (Fsp3) is 0.125. The molecule has 1 aromatic carbocycles. The van der Waals surface area contributed by atoms with Crippen molar-refractivity contribution in [2.75, 3.05) is 0 Å². The van der Waals surface area contributed by atoms with Gasteiger partial charge in [-0.3, -0.25) is 9.78 Å². The number of fused-ring (bicyclic) bond motifs is 1. The summed E-state index contributed by atoms with van der Waals surface area (Å²) >= 11 is 0. The third-order valence-electron chi connectivity index (χ3n) is 3.16. The predicted molar refractivity (Wildman–Crippen MR) is 73.1 cm³/mol. The smallest absolute Gasteiger partial charge is 0.164 e. The van der Waals surface area contributed by atoms with Crippen LogP contribution >= 0.6 is 0 Å². The summed E-state index contributed by atoms with van der Waals surface area (Å²) in [5.74, 6) is 0.960. The van der Waals surface area contributed by atoms with E-state index in [1.165, 1.54) is 0 Å². The van der Waals surface area contributed by atoms with Crippen LogP contribution in [0.3, 0.4) is 0 Å². The zero-order valence-electron chi connectivity index (χ0n) is 10.4. The van der Waals surface area contributed by atoms with E-state index in [9.17, 15) is 4.79 Å². The average molecular weight is 251 g/mol. The highest BCUT2D eigenvalue weighted by atomic mass is 16.3. The van der Waals surface area contributed by atoms with Crippen molar-refractivity contribution in [2.45, 2.75) is 12.8 Å². The first kappa shape index (κ1) is 11.7. The molecule has 0 fully saturated rings. The standard InChI is InChI=1S/C16H13NO2/c18-16(7-6-13-4-2-10-19-13)14-5-1-3-12-8-9-17-11-15(12)14/h1-5,8-11H,6-7H2. The molecule has 0 aliphatic heterocycles. The molecule has 0 bridgehead atoms. The minimum absolute atomic E-state index is 0.120. The number of benzene rings is 1. The lowest BCUT2D eigenvalue weighted by molar-refractivity contribution is 0.0982. The minimum atomic E-state index is 0.120. The van der Waals surface area contributed by atoms with Gasteiger partial charge in [-0.15, -0.1) is 0 Å². The maximum absolute atomic E-state index is 12.3. The number of carbonyl (C=O) groups excluding carboxylic acids is 1. The highest BCUT2D eigenvalue weighted by Gasteiger charge is 2.10. The Kier molecular flexibility index (Phi) is 3.11. The number of furan rings is 1. The van der Waals surface area contributed by atoms with Crippen LogP contribution in [0.1, 0.15) is 22.5 Å². The topological polar surface area (TPSA) is 43.1 Å². The number of hydrogen-bond acceptors (Lipinski definition) is 3. The molecule has 0 N–H and O–H groups in total. The first-order chi connectivity index (χ1) is 9.34. The summed E-state index contributed by atoms with van der Waals surface area (Å²) in [7, 11) is 0. The van der Waals surface area contributed by atoms with E-state index in [-0.39, 0.29) is 5.78 Å². The van der Waals surface area contributed by atoms with Gasteiger partial charge in [0.25, 0.3) is 0 Å². The normalized spacial score (nSPS) is 10.7. The van der Waals surface area contributed by atoms with Gasteiger partial charge in [0.15, 0.2) is 5.78 Å². The monoisotopic (exact) mass is 251 g/mol. The molecule has 2 heterocycles. The minimum Gasteiger partial charge on any atom is -0.469 e. The number of aryl methyl sites for hydroxylation is 1. The summed E-state index contributed by atoms with van der Waals surface area (Å²) in [5.41, 5.74) is 0.733. The van der Waals surface area contributed by atoms with Gasteiger partial charge in [-0.1, -0.05) is 18.2 Å². The Bertz CT molecular complexity index is 696. The largest absolute Gasteiger partial charge is 0.469 e. The van der Waals surface area contributed by atoms with Crippen LogP contribution in [-0.4, -0.2) is 10.8 Å². The Labute approximate surface area is 110 Å². The third kappa shape index (κ3) is 2.40. The van der Waals surface area contributed by atoms with Crippen LogP contribution < -0.4 is 0 Å². The van der Waals surface area contributed by atoms with Crippen LogP contribution in [0, 0.1) is 0 Å². The van der Waals surface area contributed by atoms with E-state index in [1.807, 2.05) is 36.4 Å². The molecule has 0 aliphatic rings. The Morgan fingerprint density at radius 2 is 2.11 bits per heavy atom. The van der Waals surface area contributed by atoms with E-state index in [4.69, 9.17) is 4.42 Å². The Hall–Kier alpha value is -2.42. The summed E-state index contributed by atoms with van der Waals surface area (Å²) < 4.78 is 5.24. The quantitative estimate of drug-likeness (QED) is 0.665. The molecule has 0 radical (unpaired) electrons. The molecule has 0 atom stereocenters. The lowest BCUT2D eigenvalue weighted by atomic mass is 10.0. The lowest BCUT2D eigenvalue weighted by Crippen LogP contribution is -2.01. The molecule has 0 unspecified atom stereocenters. The molecule has 0 spiro atoms.